The van der Waals surface area contributed by atoms with Gasteiger partial charge in [-0.25, -0.2) is 14.6 Å². The van der Waals surface area contributed by atoms with Crippen molar-refractivity contribution < 1.29 is 4.42 Å². The topological polar surface area (TPSA) is 56.7 Å². The average Bonchev–Trinajstić information content (AvgIpc) is 3.10. The molecule has 0 aliphatic carbocycles. The molecule has 0 fully saturated rings. The van der Waals surface area contributed by atoms with Crippen molar-refractivity contribution in [2.75, 3.05) is 0 Å². The van der Waals surface area contributed by atoms with Gasteiger partial charge in [0.2, 0.25) is 5.89 Å². The lowest BCUT2D eigenvalue weighted by atomic mass is 9.96. The van der Waals surface area contributed by atoms with Crippen molar-refractivity contribution in [2.45, 2.75) is 39.7 Å². The van der Waals surface area contributed by atoms with Gasteiger partial charge in [-0.3, -0.25) is 0 Å². The maximum Gasteiger partial charge on any atom is 0.227 e. The highest BCUT2D eigenvalue weighted by molar-refractivity contribution is 7.08. The summed E-state index contributed by atoms with van der Waals surface area (Å²) >= 11 is 1.63. The molecule has 0 N–H and O–H groups in total. The van der Waals surface area contributed by atoms with Crippen molar-refractivity contribution in [3.05, 3.63) is 40.4 Å². The third kappa shape index (κ3) is 2.90. The summed E-state index contributed by atoms with van der Waals surface area (Å²) in [4.78, 5) is 8.94. The molecule has 0 aliphatic rings. The summed E-state index contributed by atoms with van der Waals surface area (Å²) in [5.74, 6) is 2.32. The fraction of sp³-hybridized carbons (Fsp3) is 0.400. The second-order valence-corrected chi connectivity index (χ2v) is 6.83. The molecule has 0 atom stereocenters. The molecule has 0 aliphatic heterocycles. The van der Waals surface area contributed by atoms with Gasteiger partial charge in [-0.1, -0.05) is 20.8 Å². The average molecular weight is 302 g/mol. The molecule has 0 spiro atoms. The van der Waals surface area contributed by atoms with Gasteiger partial charge in [0.05, 0.1) is 6.54 Å². The second-order valence-electron chi connectivity index (χ2n) is 6.05. The van der Waals surface area contributed by atoms with Crippen LogP contribution < -0.4 is 0 Å². The zero-order chi connectivity index (χ0) is 15.0. The summed E-state index contributed by atoms with van der Waals surface area (Å²) < 4.78 is 7.55. The van der Waals surface area contributed by atoms with Crippen molar-refractivity contribution in [3.8, 4) is 11.5 Å². The van der Waals surface area contributed by atoms with Crippen LogP contribution in [0.2, 0.25) is 0 Å². The van der Waals surface area contributed by atoms with Gasteiger partial charge in [0, 0.05) is 16.4 Å². The molecule has 0 radical (unpaired) electrons. The SMILES string of the molecule is Cc1oc(-c2ccsc2)nc1Cn1cnc(C(C)(C)C)n1. The van der Waals surface area contributed by atoms with Crippen LogP contribution in [0.3, 0.4) is 0 Å². The van der Waals surface area contributed by atoms with Crippen LogP contribution in [0.25, 0.3) is 11.5 Å². The largest absolute Gasteiger partial charge is 0.441 e. The highest BCUT2D eigenvalue weighted by Crippen LogP contribution is 2.24. The number of hydrogen-bond acceptors (Lipinski definition) is 5. The second kappa shape index (κ2) is 5.11. The van der Waals surface area contributed by atoms with Gasteiger partial charge in [0.15, 0.2) is 5.82 Å². The maximum atomic E-state index is 5.74. The lowest BCUT2D eigenvalue weighted by Gasteiger charge is -2.12. The van der Waals surface area contributed by atoms with Gasteiger partial charge >= 0.3 is 0 Å². The standard InChI is InChI=1S/C15H18N4OS/c1-10-12(17-13(20-10)11-5-6-21-8-11)7-19-9-16-14(18-19)15(2,3)4/h5-6,8-9H,7H2,1-4H3. The van der Waals surface area contributed by atoms with E-state index in [4.69, 9.17) is 4.42 Å². The Kier molecular flexibility index (Phi) is 3.41. The van der Waals surface area contributed by atoms with Crippen molar-refractivity contribution >= 4 is 11.3 Å². The fourth-order valence-electron chi connectivity index (χ4n) is 1.95. The molecule has 3 rings (SSSR count). The number of rotatable bonds is 3. The van der Waals surface area contributed by atoms with E-state index in [1.54, 1.807) is 17.7 Å². The molecule has 3 heterocycles. The predicted molar refractivity (Wildman–Crippen MR) is 82.4 cm³/mol. The minimum absolute atomic E-state index is 0.0496. The van der Waals surface area contributed by atoms with Gasteiger partial charge in [-0.05, 0) is 18.4 Å². The Morgan fingerprint density at radius 1 is 1.33 bits per heavy atom. The predicted octanol–water partition coefficient (Wildman–Crippen LogP) is 3.65. The Labute approximate surface area is 127 Å². The first-order chi connectivity index (χ1) is 9.93. The van der Waals surface area contributed by atoms with Crippen LogP contribution in [0, 0.1) is 6.92 Å². The molecule has 6 heteroatoms. The van der Waals surface area contributed by atoms with E-state index in [1.807, 2.05) is 28.4 Å². The Balaban J connectivity index is 1.84. The first-order valence-electron chi connectivity index (χ1n) is 6.82. The van der Waals surface area contributed by atoms with E-state index in [-0.39, 0.29) is 5.41 Å². The van der Waals surface area contributed by atoms with Crippen molar-refractivity contribution in [2.24, 2.45) is 0 Å². The summed E-state index contributed by atoms with van der Waals surface area (Å²) in [5.41, 5.74) is 1.86. The molecule has 0 amide bonds. The fourth-order valence-corrected chi connectivity index (χ4v) is 2.58. The van der Waals surface area contributed by atoms with Crippen LogP contribution in [-0.4, -0.2) is 19.7 Å². The third-order valence-corrected chi connectivity index (χ3v) is 3.86. The maximum absolute atomic E-state index is 5.74. The van der Waals surface area contributed by atoms with Gasteiger partial charge in [-0.15, -0.1) is 0 Å². The van der Waals surface area contributed by atoms with Crippen molar-refractivity contribution in [1.29, 1.82) is 0 Å². The molecule has 0 saturated heterocycles. The number of thiophene rings is 1. The zero-order valence-electron chi connectivity index (χ0n) is 12.6. The highest BCUT2D eigenvalue weighted by Gasteiger charge is 2.19. The summed E-state index contributed by atoms with van der Waals surface area (Å²) in [7, 11) is 0. The number of nitrogens with zero attached hydrogens (tertiary/aromatic N) is 4. The number of aryl methyl sites for hydroxylation is 1. The molecule has 0 bridgehead atoms. The highest BCUT2D eigenvalue weighted by atomic mass is 32.1. The van der Waals surface area contributed by atoms with Crippen molar-refractivity contribution in [3.63, 3.8) is 0 Å². The van der Waals surface area contributed by atoms with Crippen LogP contribution in [0.15, 0.2) is 27.6 Å². The van der Waals surface area contributed by atoms with E-state index in [2.05, 4.69) is 35.8 Å². The molecule has 110 valence electrons. The quantitative estimate of drug-likeness (QED) is 0.741. The number of oxazole rings is 1. The molecule has 3 aromatic rings. The van der Waals surface area contributed by atoms with E-state index in [1.165, 1.54) is 0 Å². The van der Waals surface area contributed by atoms with Gasteiger partial charge in [0.25, 0.3) is 0 Å². The Morgan fingerprint density at radius 3 is 2.76 bits per heavy atom. The molecule has 3 aromatic heterocycles. The molecule has 21 heavy (non-hydrogen) atoms. The van der Waals surface area contributed by atoms with E-state index in [0.29, 0.717) is 12.4 Å². The van der Waals surface area contributed by atoms with Crippen LogP contribution in [0.1, 0.15) is 38.0 Å². The van der Waals surface area contributed by atoms with Crippen LogP contribution in [0.5, 0.6) is 0 Å². The van der Waals surface area contributed by atoms with Gasteiger partial charge in [-0.2, -0.15) is 16.4 Å². The Hall–Kier alpha value is -1.95. The molecular weight excluding hydrogens is 284 g/mol. The molecule has 0 saturated carbocycles. The molecule has 0 unspecified atom stereocenters. The molecule has 5 nitrogen and oxygen atoms in total. The van der Waals surface area contributed by atoms with E-state index >= 15 is 0 Å². The van der Waals surface area contributed by atoms with Crippen LogP contribution in [0.4, 0.5) is 0 Å². The summed E-state index contributed by atoms with van der Waals surface area (Å²) in [5, 5.41) is 8.56. The first-order valence-corrected chi connectivity index (χ1v) is 7.76. The third-order valence-electron chi connectivity index (χ3n) is 3.18. The first kappa shape index (κ1) is 14.0. The Morgan fingerprint density at radius 2 is 2.14 bits per heavy atom. The number of aromatic nitrogens is 4. The molecule has 0 aromatic carbocycles. The Bertz CT molecular complexity index is 734. The summed E-state index contributed by atoms with van der Waals surface area (Å²) in [6.45, 7) is 8.80. The van der Waals surface area contributed by atoms with Crippen molar-refractivity contribution in [1.82, 2.24) is 19.7 Å². The monoisotopic (exact) mass is 302 g/mol. The van der Waals surface area contributed by atoms with E-state index < -0.39 is 0 Å². The lowest BCUT2D eigenvalue weighted by Crippen LogP contribution is -2.14. The van der Waals surface area contributed by atoms with Crippen LogP contribution >= 0.6 is 11.3 Å². The minimum atomic E-state index is -0.0496. The van der Waals surface area contributed by atoms with E-state index in [0.717, 1.165) is 22.8 Å². The summed E-state index contributed by atoms with van der Waals surface area (Å²) in [6.07, 6.45) is 1.75. The number of hydrogen-bond donors (Lipinski definition) is 0. The zero-order valence-corrected chi connectivity index (χ0v) is 13.4. The van der Waals surface area contributed by atoms with Gasteiger partial charge < -0.3 is 4.42 Å². The normalized spacial score (nSPS) is 12.0. The smallest absolute Gasteiger partial charge is 0.227 e. The van der Waals surface area contributed by atoms with Crippen LogP contribution in [-0.2, 0) is 12.0 Å². The molecular formula is C15H18N4OS. The van der Waals surface area contributed by atoms with E-state index in [9.17, 15) is 0 Å². The van der Waals surface area contributed by atoms with Gasteiger partial charge in [0.1, 0.15) is 17.8 Å². The lowest BCUT2D eigenvalue weighted by molar-refractivity contribution is 0.525. The summed E-state index contributed by atoms with van der Waals surface area (Å²) in [6, 6.07) is 2.01. The minimum Gasteiger partial charge on any atom is -0.441 e.